The molecule has 0 spiro atoms. The predicted molar refractivity (Wildman–Crippen MR) is 75.7 cm³/mol. The van der Waals surface area contributed by atoms with Gasteiger partial charge in [-0.1, -0.05) is 6.07 Å². The van der Waals surface area contributed by atoms with Crippen LogP contribution in [0.3, 0.4) is 0 Å². The summed E-state index contributed by atoms with van der Waals surface area (Å²) in [6, 6.07) is 5.94. The van der Waals surface area contributed by atoms with Crippen molar-refractivity contribution in [1.82, 2.24) is 5.32 Å². The van der Waals surface area contributed by atoms with Gasteiger partial charge in [0.05, 0.1) is 25.9 Å². The molecule has 1 fully saturated rings. The summed E-state index contributed by atoms with van der Waals surface area (Å²) in [6.45, 7) is 4.33. The Bertz CT molecular complexity index is 392. The number of aliphatic hydroxyl groups is 1. The molecule has 0 aromatic heterocycles. The topological polar surface area (TPSA) is 50.7 Å². The van der Waals surface area contributed by atoms with Crippen LogP contribution in [-0.4, -0.2) is 67.6 Å². The van der Waals surface area contributed by atoms with E-state index < -0.39 is 6.10 Å². The van der Waals surface area contributed by atoms with Gasteiger partial charge >= 0.3 is 0 Å². The number of ether oxygens (including phenoxy) is 2. The van der Waals surface area contributed by atoms with E-state index in [9.17, 15) is 5.11 Å². The van der Waals surface area contributed by atoms with E-state index in [2.05, 4.69) is 5.32 Å². The van der Waals surface area contributed by atoms with Gasteiger partial charge in [0, 0.05) is 48.2 Å². The molecule has 1 saturated heterocycles. The maximum absolute atomic E-state index is 9.74. The maximum Gasteiger partial charge on any atom is 0.124 e. The van der Waals surface area contributed by atoms with Crippen molar-refractivity contribution in [1.29, 1.82) is 0 Å². The summed E-state index contributed by atoms with van der Waals surface area (Å²) >= 11 is 0. The molecule has 1 aliphatic heterocycles. The minimum atomic E-state index is -0.523. The molecule has 0 bridgehead atoms. The Morgan fingerprint density at radius 3 is 2.89 bits per heavy atom. The van der Waals surface area contributed by atoms with E-state index in [1.165, 1.54) is 5.56 Å². The second-order valence-corrected chi connectivity index (χ2v) is 4.65. The summed E-state index contributed by atoms with van der Waals surface area (Å²) in [7, 11) is 1.62. The van der Waals surface area contributed by atoms with Crippen LogP contribution < -0.4 is 10.1 Å². The first kappa shape index (κ1) is 17.0. The number of benzene rings is 1. The van der Waals surface area contributed by atoms with Crippen LogP contribution in [0.25, 0.3) is 0 Å². The maximum atomic E-state index is 9.74. The van der Waals surface area contributed by atoms with Gasteiger partial charge in [0.1, 0.15) is 5.75 Å². The molecule has 0 amide bonds. The minimum absolute atomic E-state index is 0. The molecule has 5 heteroatoms. The second-order valence-electron chi connectivity index (χ2n) is 4.65. The van der Waals surface area contributed by atoms with Crippen molar-refractivity contribution >= 4 is 29.6 Å². The van der Waals surface area contributed by atoms with Gasteiger partial charge in [-0.15, -0.1) is 0 Å². The fourth-order valence-electron chi connectivity index (χ4n) is 2.25. The monoisotopic (exact) mass is 274 g/mol. The van der Waals surface area contributed by atoms with Gasteiger partial charge in [-0.3, -0.25) is 0 Å². The Morgan fingerprint density at radius 1 is 1.53 bits per heavy atom. The van der Waals surface area contributed by atoms with Crippen LogP contribution in [0, 0.1) is 0 Å². The third-order valence-corrected chi connectivity index (χ3v) is 3.21. The van der Waals surface area contributed by atoms with Crippen molar-refractivity contribution in [2.24, 2.45) is 0 Å². The number of hydrogen-bond donors (Lipinski definition) is 2. The van der Waals surface area contributed by atoms with E-state index in [-0.39, 0.29) is 35.7 Å². The van der Waals surface area contributed by atoms with Crippen LogP contribution in [0.4, 0.5) is 0 Å². The van der Waals surface area contributed by atoms with E-state index in [0.717, 1.165) is 37.4 Å². The molecule has 19 heavy (non-hydrogen) atoms. The van der Waals surface area contributed by atoms with Gasteiger partial charge in [-0.25, -0.2) is 0 Å². The minimum Gasteiger partial charge on any atom is -0.496 e. The van der Waals surface area contributed by atoms with Crippen LogP contribution in [0.2, 0.25) is 0 Å². The summed E-state index contributed by atoms with van der Waals surface area (Å²) in [4.78, 5) is 0. The number of aliphatic hydroxyl groups excluding tert-OH is 1. The van der Waals surface area contributed by atoms with Gasteiger partial charge < -0.3 is 19.9 Å². The fourth-order valence-corrected chi connectivity index (χ4v) is 2.25. The standard InChI is InChI=1S/C14H21NO3.Na/c1-10(16)13-8-11(3-4-14(13)17-2)7-12-9-15-5-6-18-12;/h3-4,8,10,12,15-16H,5-7,9H2,1-2H3;/t10?,12-;/m1./s1. The largest absolute Gasteiger partial charge is 0.496 e. The summed E-state index contributed by atoms with van der Waals surface area (Å²) in [6.07, 6.45) is 0.552. The predicted octanol–water partition coefficient (Wildman–Crippen LogP) is 0.899. The molecule has 1 aromatic rings. The molecule has 2 N–H and O–H groups in total. The molecule has 1 radical (unpaired) electrons. The zero-order valence-electron chi connectivity index (χ0n) is 12.0. The van der Waals surface area contributed by atoms with Gasteiger partial charge in [0.2, 0.25) is 0 Å². The van der Waals surface area contributed by atoms with E-state index >= 15 is 0 Å². The van der Waals surface area contributed by atoms with Crippen molar-refractivity contribution in [2.75, 3.05) is 26.8 Å². The number of nitrogens with one attached hydrogen (secondary N) is 1. The number of methoxy groups -OCH3 is 1. The normalized spacial score (nSPS) is 20.5. The second kappa shape index (κ2) is 8.25. The van der Waals surface area contributed by atoms with Crippen LogP contribution in [0.5, 0.6) is 5.75 Å². The van der Waals surface area contributed by atoms with Crippen LogP contribution in [0.1, 0.15) is 24.2 Å². The molecule has 0 saturated carbocycles. The summed E-state index contributed by atoms with van der Waals surface area (Å²) in [5.74, 6) is 0.733. The molecule has 1 aromatic carbocycles. The molecule has 2 rings (SSSR count). The third-order valence-electron chi connectivity index (χ3n) is 3.21. The Balaban J connectivity index is 0.00000180. The van der Waals surface area contributed by atoms with Crippen LogP contribution in [0.15, 0.2) is 18.2 Å². The van der Waals surface area contributed by atoms with Crippen molar-refractivity contribution in [3.63, 3.8) is 0 Å². The first-order chi connectivity index (χ1) is 8.70. The van der Waals surface area contributed by atoms with E-state index in [4.69, 9.17) is 9.47 Å². The quantitative estimate of drug-likeness (QED) is 0.801. The van der Waals surface area contributed by atoms with Gasteiger partial charge in [-0.2, -0.15) is 0 Å². The summed E-state index contributed by atoms with van der Waals surface area (Å²) in [5, 5.41) is 13.1. The van der Waals surface area contributed by atoms with Gasteiger partial charge in [0.15, 0.2) is 0 Å². The van der Waals surface area contributed by atoms with Crippen molar-refractivity contribution in [3.8, 4) is 5.75 Å². The zero-order chi connectivity index (χ0) is 13.0. The zero-order valence-corrected chi connectivity index (χ0v) is 14.0. The Kier molecular flexibility index (Phi) is 7.36. The molecule has 2 atom stereocenters. The first-order valence-corrected chi connectivity index (χ1v) is 6.38. The van der Waals surface area contributed by atoms with Crippen molar-refractivity contribution in [2.45, 2.75) is 25.6 Å². The third kappa shape index (κ3) is 4.74. The van der Waals surface area contributed by atoms with Crippen molar-refractivity contribution in [3.05, 3.63) is 29.3 Å². The van der Waals surface area contributed by atoms with Gasteiger partial charge in [0.25, 0.3) is 0 Å². The first-order valence-electron chi connectivity index (χ1n) is 6.38. The van der Waals surface area contributed by atoms with Crippen LogP contribution in [-0.2, 0) is 11.2 Å². The molecule has 4 nitrogen and oxygen atoms in total. The number of hydrogen-bond acceptors (Lipinski definition) is 4. The van der Waals surface area contributed by atoms with Crippen molar-refractivity contribution < 1.29 is 14.6 Å². The SMILES string of the molecule is COc1ccc(C[C@@H]2CNCCO2)cc1C(C)O.[Na]. The molecular formula is C14H21NNaO3. The molecule has 101 valence electrons. The Morgan fingerprint density at radius 2 is 2.32 bits per heavy atom. The molecule has 0 aliphatic carbocycles. The molecular weight excluding hydrogens is 253 g/mol. The molecule has 1 aliphatic rings. The average Bonchev–Trinajstić information content (AvgIpc) is 2.40. The van der Waals surface area contributed by atoms with E-state index in [1.807, 2.05) is 18.2 Å². The van der Waals surface area contributed by atoms with E-state index in [0.29, 0.717) is 0 Å². The molecule has 1 unspecified atom stereocenters. The van der Waals surface area contributed by atoms with Gasteiger partial charge in [-0.05, 0) is 31.0 Å². The molecule has 1 heterocycles. The number of rotatable bonds is 4. The summed E-state index contributed by atoms with van der Waals surface area (Å²) < 4.78 is 10.9. The van der Waals surface area contributed by atoms with Crippen LogP contribution >= 0.6 is 0 Å². The Hall–Kier alpha value is -0.100. The summed E-state index contributed by atoms with van der Waals surface area (Å²) in [5.41, 5.74) is 2.00. The van der Waals surface area contributed by atoms with E-state index in [1.54, 1.807) is 14.0 Å². The smallest absolute Gasteiger partial charge is 0.124 e. The average molecular weight is 274 g/mol. The Labute approximate surface area is 136 Å². The fraction of sp³-hybridized carbons (Fsp3) is 0.571. The number of morpholine rings is 1.